The van der Waals surface area contributed by atoms with E-state index in [1.54, 1.807) is 12.1 Å². The Balaban J connectivity index is 1.96. The lowest BCUT2D eigenvalue weighted by Crippen LogP contribution is -2.29. The van der Waals surface area contributed by atoms with Crippen LogP contribution >= 0.6 is 24.0 Å². The SMILES string of the molecule is Cc1ccc(C=C2SC(=S)N(CCCCC(=O)O)C2=O)o1. The Bertz CT molecular complexity index is 606. The zero-order valence-electron chi connectivity index (χ0n) is 11.5. The van der Waals surface area contributed by atoms with E-state index in [-0.39, 0.29) is 12.3 Å². The first-order valence-electron chi connectivity index (χ1n) is 6.51. The monoisotopic (exact) mass is 325 g/mol. The molecule has 0 unspecified atom stereocenters. The van der Waals surface area contributed by atoms with Crippen LogP contribution in [0.15, 0.2) is 21.5 Å². The summed E-state index contributed by atoms with van der Waals surface area (Å²) in [5, 5.41) is 8.59. The number of thiocarbonyl (C=S) groups is 1. The Labute approximate surface area is 132 Å². The molecule has 21 heavy (non-hydrogen) atoms. The Morgan fingerprint density at radius 2 is 2.24 bits per heavy atom. The second-order valence-electron chi connectivity index (χ2n) is 4.63. The maximum atomic E-state index is 12.2. The van der Waals surface area contributed by atoms with E-state index in [0.29, 0.717) is 34.4 Å². The Morgan fingerprint density at radius 1 is 1.48 bits per heavy atom. The quantitative estimate of drug-likeness (QED) is 0.492. The Hall–Kier alpha value is -1.60. The first kappa shape index (κ1) is 15.8. The van der Waals surface area contributed by atoms with E-state index in [0.717, 1.165) is 5.76 Å². The Morgan fingerprint density at radius 3 is 2.86 bits per heavy atom. The second-order valence-corrected chi connectivity index (χ2v) is 6.31. The summed E-state index contributed by atoms with van der Waals surface area (Å²) in [4.78, 5) is 24.7. The first-order valence-corrected chi connectivity index (χ1v) is 7.73. The highest BCUT2D eigenvalue weighted by atomic mass is 32.2. The molecule has 1 aromatic rings. The molecule has 0 spiro atoms. The highest BCUT2D eigenvalue weighted by Gasteiger charge is 2.31. The van der Waals surface area contributed by atoms with Crippen LogP contribution in [0.5, 0.6) is 0 Å². The number of hydrogen-bond acceptors (Lipinski definition) is 5. The number of aliphatic carboxylic acids is 1. The van der Waals surface area contributed by atoms with Gasteiger partial charge in [-0.15, -0.1) is 0 Å². The zero-order valence-corrected chi connectivity index (χ0v) is 13.1. The van der Waals surface area contributed by atoms with Crippen molar-refractivity contribution in [2.75, 3.05) is 6.54 Å². The largest absolute Gasteiger partial charge is 0.481 e. The molecule has 1 aliphatic heterocycles. The van der Waals surface area contributed by atoms with E-state index in [9.17, 15) is 9.59 Å². The first-order chi connectivity index (χ1) is 9.97. The van der Waals surface area contributed by atoms with Crippen LogP contribution in [-0.2, 0) is 9.59 Å². The summed E-state index contributed by atoms with van der Waals surface area (Å²) in [5.41, 5.74) is 0. The molecule has 7 heteroatoms. The lowest BCUT2D eigenvalue weighted by atomic mass is 10.2. The molecule has 2 rings (SSSR count). The number of carboxylic acid groups (broad SMARTS) is 1. The van der Waals surface area contributed by atoms with Gasteiger partial charge in [0.15, 0.2) is 0 Å². The van der Waals surface area contributed by atoms with Crippen LogP contribution < -0.4 is 0 Å². The fraction of sp³-hybridized carbons (Fsp3) is 0.357. The lowest BCUT2D eigenvalue weighted by Gasteiger charge is -2.13. The van der Waals surface area contributed by atoms with Crippen molar-refractivity contribution in [2.45, 2.75) is 26.2 Å². The number of nitrogens with zero attached hydrogens (tertiary/aromatic N) is 1. The third-order valence-electron chi connectivity index (χ3n) is 2.93. The summed E-state index contributed by atoms with van der Waals surface area (Å²) in [6, 6.07) is 3.63. The van der Waals surface area contributed by atoms with Crippen LogP contribution in [0.1, 0.15) is 30.8 Å². The number of furan rings is 1. The van der Waals surface area contributed by atoms with Gasteiger partial charge in [0.25, 0.3) is 5.91 Å². The van der Waals surface area contributed by atoms with E-state index in [4.69, 9.17) is 21.7 Å². The summed E-state index contributed by atoms with van der Waals surface area (Å²) in [7, 11) is 0. The van der Waals surface area contributed by atoms with Gasteiger partial charge >= 0.3 is 5.97 Å². The van der Waals surface area contributed by atoms with Gasteiger partial charge < -0.3 is 9.52 Å². The van der Waals surface area contributed by atoms with Gasteiger partial charge in [-0.25, -0.2) is 0 Å². The van der Waals surface area contributed by atoms with Gasteiger partial charge in [-0.2, -0.15) is 0 Å². The number of thioether (sulfide) groups is 1. The summed E-state index contributed by atoms with van der Waals surface area (Å²) in [6.45, 7) is 2.29. The third-order valence-corrected chi connectivity index (χ3v) is 4.31. The summed E-state index contributed by atoms with van der Waals surface area (Å²) in [6.07, 6.45) is 2.94. The number of rotatable bonds is 6. The van der Waals surface area contributed by atoms with Crippen molar-refractivity contribution in [2.24, 2.45) is 0 Å². The molecule has 112 valence electrons. The lowest BCUT2D eigenvalue weighted by molar-refractivity contribution is -0.137. The van der Waals surface area contributed by atoms with Crippen LogP contribution in [0, 0.1) is 6.92 Å². The van der Waals surface area contributed by atoms with Gasteiger partial charge in [0.2, 0.25) is 0 Å². The molecule has 1 saturated heterocycles. The van der Waals surface area contributed by atoms with Crippen LogP contribution in [0.25, 0.3) is 6.08 Å². The second kappa shape index (κ2) is 6.91. The predicted octanol–water partition coefficient (Wildman–Crippen LogP) is 3.04. The van der Waals surface area contributed by atoms with Crippen molar-refractivity contribution < 1.29 is 19.1 Å². The summed E-state index contributed by atoms with van der Waals surface area (Å²) < 4.78 is 5.92. The highest BCUT2D eigenvalue weighted by molar-refractivity contribution is 8.26. The van der Waals surface area contributed by atoms with Crippen LogP contribution in [-0.4, -0.2) is 32.7 Å². The van der Waals surface area contributed by atoms with Crippen LogP contribution in [0.2, 0.25) is 0 Å². The molecule has 5 nitrogen and oxygen atoms in total. The van der Waals surface area contributed by atoms with Crippen molar-refractivity contribution in [3.05, 3.63) is 28.6 Å². The van der Waals surface area contributed by atoms with Crippen molar-refractivity contribution >= 4 is 46.3 Å². The van der Waals surface area contributed by atoms with Crippen molar-refractivity contribution in [3.63, 3.8) is 0 Å². The number of carboxylic acids is 1. The van der Waals surface area contributed by atoms with Gasteiger partial charge in [0.1, 0.15) is 15.8 Å². The molecule has 1 fully saturated rings. The molecular weight excluding hydrogens is 310 g/mol. The van der Waals surface area contributed by atoms with Crippen LogP contribution in [0.3, 0.4) is 0 Å². The normalized spacial score (nSPS) is 17.0. The summed E-state index contributed by atoms with van der Waals surface area (Å²) >= 11 is 6.44. The van der Waals surface area contributed by atoms with Crippen LogP contribution in [0.4, 0.5) is 0 Å². The van der Waals surface area contributed by atoms with Gasteiger partial charge in [0.05, 0.1) is 4.91 Å². The molecule has 1 aromatic heterocycles. The topological polar surface area (TPSA) is 70.8 Å². The smallest absolute Gasteiger partial charge is 0.303 e. The molecule has 2 heterocycles. The Kier molecular flexibility index (Phi) is 5.19. The standard InChI is InChI=1S/C14H15NO4S2/c1-9-5-6-10(19-9)8-11-13(18)15(14(20)21-11)7-3-2-4-12(16)17/h5-6,8H,2-4,7H2,1H3,(H,16,17). The average Bonchev–Trinajstić information content (AvgIpc) is 2.92. The predicted molar refractivity (Wildman–Crippen MR) is 84.8 cm³/mol. The molecule has 0 aliphatic carbocycles. The molecule has 1 aliphatic rings. The number of aryl methyl sites for hydroxylation is 1. The summed E-state index contributed by atoms with van der Waals surface area (Å²) in [5.74, 6) is 0.437. The third kappa shape index (κ3) is 4.18. The molecular formula is C14H15NO4S2. The highest BCUT2D eigenvalue weighted by Crippen LogP contribution is 2.32. The van der Waals surface area contributed by atoms with E-state index < -0.39 is 5.97 Å². The number of hydrogen-bond donors (Lipinski definition) is 1. The molecule has 0 aromatic carbocycles. The van der Waals surface area contributed by atoms with E-state index in [1.165, 1.54) is 16.7 Å². The maximum absolute atomic E-state index is 12.2. The molecule has 1 N–H and O–H groups in total. The number of carbonyl (C=O) groups is 2. The minimum atomic E-state index is -0.825. The number of carbonyl (C=O) groups excluding carboxylic acids is 1. The van der Waals surface area contributed by atoms with Gasteiger partial charge in [-0.1, -0.05) is 24.0 Å². The number of amides is 1. The van der Waals surface area contributed by atoms with Gasteiger partial charge in [-0.05, 0) is 31.9 Å². The fourth-order valence-corrected chi connectivity index (χ4v) is 3.19. The van der Waals surface area contributed by atoms with E-state index in [2.05, 4.69) is 0 Å². The minimum absolute atomic E-state index is 0.107. The number of unbranched alkanes of at least 4 members (excludes halogenated alkanes) is 1. The van der Waals surface area contributed by atoms with Gasteiger partial charge in [-0.3, -0.25) is 14.5 Å². The molecule has 0 saturated carbocycles. The van der Waals surface area contributed by atoms with Crippen molar-refractivity contribution in [1.82, 2.24) is 4.90 Å². The molecule has 0 radical (unpaired) electrons. The average molecular weight is 325 g/mol. The van der Waals surface area contributed by atoms with Crippen molar-refractivity contribution in [1.29, 1.82) is 0 Å². The van der Waals surface area contributed by atoms with E-state index in [1.807, 2.05) is 13.0 Å². The van der Waals surface area contributed by atoms with Crippen molar-refractivity contribution in [3.8, 4) is 0 Å². The molecule has 1 amide bonds. The molecule has 0 atom stereocenters. The zero-order chi connectivity index (χ0) is 15.4. The molecule has 0 bridgehead atoms. The minimum Gasteiger partial charge on any atom is -0.481 e. The fourth-order valence-electron chi connectivity index (χ4n) is 1.90. The maximum Gasteiger partial charge on any atom is 0.303 e. The van der Waals surface area contributed by atoms with Gasteiger partial charge in [0, 0.05) is 19.0 Å². The van der Waals surface area contributed by atoms with E-state index >= 15 is 0 Å².